The fraction of sp³-hybridized carbons (Fsp3) is 0.615. The van der Waals surface area contributed by atoms with Crippen molar-refractivity contribution >= 4 is 17.7 Å². The van der Waals surface area contributed by atoms with Crippen LogP contribution < -0.4 is 0 Å². The second-order valence-electron chi connectivity index (χ2n) is 3.59. The van der Waals surface area contributed by atoms with Gasteiger partial charge >= 0.3 is 5.97 Å². The number of unbranched alkanes of at least 4 members (excludes halogenated alkanes) is 1. The van der Waals surface area contributed by atoms with Crippen LogP contribution in [0.3, 0.4) is 0 Å². The number of methoxy groups -OCH3 is 1. The Kier molecular flexibility index (Phi) is 11.2. The maximum atomic E-state index is 10.3. The van der Waals surface area contributed by atoms with Gasteiger partial charge in [0.25, 0.3) is 0 Å². The topological polar surface area (TPSA) is 46.5 Å². The molecule has 0 unspecified atom stereocenters. The average molecular weight is 258 g/mol. The van der Waals surface area contributed by atoms with Crippen molar-refractivity contribution in [1.82, 2.24) is 0 Å². The predicted octanol–water partition coefficient (Wildman–Crippen LogP) is 3.47. The summed E-state index contributed by atoms with van der Waals surface area (Å²) < 4.78 is 4.92. The van der Waals surface area contributed by atoms with Crippen molar-refractivity contribution < 1.29 is 14.6 Å². The minimum atomic E-state index is -0.705. The highest BCUT2D eigenvalue weighted by molar-refractivity contribution is 8.03. The molecule has 0 aromatic carbocycles. The molecule has 0 aliphatic heterocycles. The summed E-state index contributed by atoms with van der Waals surface area (Å²) in [6, 6.07) is 0. The molecule has 0 saturated heterocycles. The number of ether oxygens (including phenoxy) is 1. The number of allylic oxidation sites excluding steroid dienone is 3. The molecule has 0 saturated carbocycles. The van der Waals surface area contributed by atoms with E-state index in [4.69, 9.17) is 9.84 Å². The zero-order valence-electron chi connectivity index (χ0n) is 10.6. The van der Waals surface area contributed by atoms with Crippen LogP contribution in [0.2, 0.25) is 0 Å². The summed E-state index contributed by atoms with van der Waals surface area (Å²) in [6.07, 6.45) is 9.15. The first-order valence-electron chi connectivity index (χ1n) is 5.84. The van der Waals surface area contributed by atoms with E-state index in [1.165, 1.54) is 4.91 Å². The van der Waals surface area contributed by atoms with Gasteiger partial charge in [-0.1, -0.05) is 18.2 Å². The zero-order valence-corrected chi connectivity index (χ0v) is 11.5. The minimum absolute atomic E-state index is 0.277. The van der Waals surface area contributed by atoms with Crippen LogP contribution in [0.4, 0.5) is 0 Å². The largest absolute Gasteiger partial charge is 0.481 e. The second kappa shape index (κ2) is 11.7. The van der Waals surface area contributed by atoms with Gasteiger partial charge in [0.05, 0.1) is 6.61 Å². The van der Waals surface area contributed by atoms with E-state index in [2.05, 4.69) is 12.2 Å². The summed E-state index contributed by atoms with van der Waals surface area (Å²) in [7, 11) is 1.68. The molecule has 0 heterocycles. The van der Waals surface area contributed by atoms with Crippen LogP contribution in [0.5, 0.6) is 0 Å². The van der Waals surface area contributed by atoms with Gasteiger partial charge in [-0.15, -0.1) is 11.8 Å². The van der Waals surface area contributed by atoms with Crippen molar-refractivity contribution in [2.45, 2.75) is 32.6 Å². The lowest BCUT2D eigenvalue weighted by molar-refractivity contribution is -0.137. The quantitative estimate of drug-likeness (QED) is 0.481. The van der Waals surface area contributed by atoms with Gasteiger partial charge in [0.2, 0.25) is 0 Å². The molecule has 0 aliphatic rings. The molecule has 98 valence electrons. The van der Waals surface area contributed by atoms with E-state index < -0.39 is 5.97 Å². The van der Waals surface area contributed by atoms with Crippen LogP contribution >= 0.6 is 11.8 Å². The van der Waals surface area contributed by atoms with Gasteiger partial charge in [-0.3, -0.25) is 4.79 Å². The lowest BCUT2D eigenvalue weighted by Gasteiger charge is -2.03. The van der Waals surface area contributed by atoms with E-state index in [-0.39, 0.29) is 6.42 Å². The Balaban J connectivity index is 3.58. The van der Waals surface area contributed by atoms with Gasteiger partial charge in [0.15, 0.2) is 0 Å². The lowest BCUT2D eigenvalue weighted by Crippen LogP contribution is -1.94. The fourth-order valence-corrected chi connectivity index (χ4v) is 2.20. The Labute approximate surface area is 108 Å². The summed E-state index contributed by atoms with van der Waals surface area (Å²) in [5, 5.41) is 8.50. The van der Waals surface area contributed by atoms with E-state index >= 15 is 0 Å². The third kappa shape index (κ3) is 11.5. The molecule has 17 heavy (non-hydrogen) atoms. The molecular weight excluding hydrogens is 236 g/mol. The highest BCUT2D eigenvalue weighted by Gasteiger charge is 1.98. The molecule has 0 radical (unpaired) electrons. The normalized spacial score (nSPS) is 12.2. The van der Waals surface area contributed by atoms with Gasteiger partial charge in [-0.2, -0.15) is 0 Å². The molecule has 0 rings (SSSR count). The summed E-state index contributed by atoms with van der Waals surface area (Å²) in [5.74, 6) is 0.286. The molecule has 3 nitrogen and oxygen atoms in total. The van der Waals surface area contributed by atoms with Gasteiger partial charge in [-0.25, -0.2) is 0 Å². The Morgan fingerprint density at radius 1 is 1.35 bits per heavy atom. The Morgan fingerprint density at radius 2 is 2.12 bits per heavy atom. The number of carboxylic acid groups (broad SMARTS) is 1. The lowest BCUT2D eigenvalue weighted by atomic mass is 10.2. The van der Waals surface area contributed by atoms with Gasteiger partial charge in [0, 0.05) is 13.5 Å². The maximum Gasteiger partial charge on any atom is 0.303 e. The van der Waals surface area contributed by atoms with E-state index in [0.29, 0.717) is 6.61 Å². The highest BCUT2D eigenvalue weighted by Crippen LogP contribution is 2.21. The summed E-state index contributed by atoms with van der Waals surface area (Å²) in [6.45, 7) is 2.68. The smallest absolute Gasteiger partial charge is 0.303 e. The number of rotatable bonds is 10. The van der Waals surface area contributed by atoms with Crippen molar-refractivity contribution in [3.05, 3.63) is 23.1 Å². The third-order valence-electron chi connectivity index (χ3n) is 2.14. The second-order valence-corrected chi connectivity index (χ2v) is 4.81. The Hall–Kier alpha value is -0.740. The van der Waals surface area contributed by atoms with Crippen LogP contribution in [-0.4, -0.2) is 30.5 Å². The van der Waals surface area contributed by atoms with E-state index in [1.807, 2.05) is 24.8 Å². The van der Waals surface area contributed by atoms with Crippen LogP contribution in [0.25, 0.3) is 0 Å². The van der Waals surface area contributed by atoms with Gasteiger partial charge < -0.3 is 9.84 Å². The van der Waals surface area contributed by atoms with E-state index in [9.17, 15) is 4.79 Å². The summed E-state index contributed by atoms with van der Waals surface area (Å²) in [5.41, 5.74) is 0. The SMILES string of the molecule is C/C=C(\C/C=C\COC)SCCCCC(=O)O. The Bertz CT molecular complexity index is 259. The average Bonchev–Trinajstić information content (AvgIpc) is 2.31. The van der Waals surface area contributed by atoms with Gasteiger partial charge in [-0.05, 0) is 36.8 Å². The summed E-state index contributed by atoms with van der Waals surface area (Å²) in [4.78, 5) is 11.6. The summed E-state index contributed by atoms with van der Waals surface area (Å²) >= 11 is 1.81. The van der Waals surface area contributed by atoms with Crippen LogP contribution in [0, 0.1) is 0 Å². The van der Waals surface area contributed by atoms with Gasteiger partial charge in [0.1, 0.15) is 0 Å². The van der Waals surface area contributed by atoms with Crippen LogP contribution in [0.1, 0.15) is 32.6 Å². The molecule has 0 bridgehead atoms. The first kappa shape index (κ1) is 16.3. The molecule has 0 fully saturated rings. The van der Waals surface area contributed by atoms with Crippen LogP contribution in [-0.2, 0) is 9.53 Å². The Morgan fingerprint density at radius 3 is 2.71 bits per heavy atom. The third-order valence-corrected chi connectivity index (χ3v) is 3.41. The molecular formula is C13H22O3S. The van der Waals surface area contributed by atoms with Crippen LogP contribution in [0.15, 0.2) is 23.1 Å². The van der Waals surface area contributed by atoms with Crippen molar-refractivity contribution in [3.8, 4) is 0 Å². The number of hydrogen-bond donors (Lipinski definition) is 1. The number of carboxylic acids is 1. The van der Waals surface area contributed by atoms with Crippen molar-refractivity contribution in [2.24, 2.45) is 0 Å². The zero-order chi connectivity index (χ0) is 12.9. The first-order chi connectivity index (χ1) is 8.20. The molecule has 0 aliphatic carbocycles. The molecule has 0 spiro atoms. The molecule has 0 aromatic heterocycles. The van der Waals surface area contributed by atoms with Crippen molar-refractivity contribution in [2.75, 3.05) is 19.5 Å². The first-order valence-corrected chi connectivity index (χ1v) is 6.83. The highest BCUT2D eigenvalue weighted by atomic mass is 32.2. The fourth-order valence-electron chi connectivity index (χ4n) is 1.21. The van der Waals surface area contributed by atoms with Crippen molar-refractivity contribution in [1.29, 1.82) is 0 Å². The van der Waals surface area contributed by atoms with Crippen molar-refractivity contribution in [3.63, 3.8) is 0 Å². The number of carbonyl (C=O) groups is 1. The number of hydrogen-bond acceptors (Lipinski definition) is 3. The number of aliphatic carboxylic acids is 1. The molecule has 0 amide bonds. The standard InChI is InChI=1S/C13H22O3S/c1-3-12(8-4-6-10-16-2)17-11-7-5-9-13(14)15/h3-4,6H,5,7-11H2,1-2H3,(H,14,15)/b6-4-,12-3+. The maximum absolute atomic E-state index is 10.3. The molecule has 0 atom stereocenters. The monoisotopic (exact) mass is 258 g/mol. The van der Waals surface area contributed by atoms with E-state index in [1.54, 1.807) is 7.11 Å². The minimum Gasteiger partial charge on any atom is -0.481 e. The molecule has 1 N–H and O–H groups in total. The predicted molar refractivity (Wildman–Crippen MR) is 73.3 cm³/mol. The molecule has 0 aromatic rings. The number of thioether (sulfide) groups is 1. The molecule has 4 heteroatoms. The van der Waals surface area contributed by atoms with E-state index in [0.717, 1.165) is 25.0 Å².